The van der Waals surface area contributed by atoms with E-state index in [9.17, 15) is 4.79 Å². The van der Waals surface area contributed by atoms with E-state index in [1.54, 1.807) is 12.3 Å². The number of carbonyl (C=O) groups is 1. The number of fused-ring (bicyclic) bond motifs is 1. The molecular weight excluding hydrogens is 346 g/mol. The highest BCUT2D eigenvalue weighted by molar-refractivity contribution is 6.09. The van der Waals surface area contributed by atoms with Crippen LogP contribution in [-0.2, 0) is 4.74 Å². The molecule has 0 atom stereocenters. The lowest BCUT2D eigenvalue weighted by molar-refractivity contribution is 0.0383. The first-order chi connectivity index (χ1) is 13.1. The first kappa shape index (κ1) is 17.8. The Morgan fingerprint density at radius 1 is 1.22 bits per heavy atom. The number of morpholine rings is 1. The van der Waals surface area contributed by atoms with Crippen molar-refractivity contribution in [2.45, 2.75) is 13.8 Å². The van der Waals surface area contributed by atoms with Crippen LogP contribution in [0, 0.1) is 13.8 Å². The summed E-state index contributed by atoms with van der Waals surface area (Å²) in [6, 6.07) is 5.61. The molecule has 0 aliphatic carbocycles. The van der Waals surface area contributed by atoms with Gasteiger partial charge in [0.15, 0.2) is 0 Å². The van der Waals surface area contributed by atoms with Gasteiger partial charge in [0.05, 0.1) is 30.7 Å². The topological polar surface area (TPSA) is 80.7 Å². The molecule has 0 saturated carbocycles. The van der Waals surface area contributed by atoms with Crippen molar-refractivity contribution in [2.24, 2.45) is 0 Å². The molecule has 7 nitrogen and oxygen atoms in total. The number of rotatable bonds is 5. The van der Waals surface area contributed by atoms with E-state index in [0.717, 1.165) is 60.8 Å². The van der Waals surface area contributed by atoms with E-state index >= 15 is 0 Å². The van der Waals surface area contributed by atoms with Crippen molar-refractivity contribution in [3.63, 3.8) is 0 Å². The quantitative estimate of drug-likeness (QED) is 0.745. The van der Waals surface area contributed by atoms with Crippen molar-refractivity contribution in [3.05, 3.63) is 41.5 Å². The zero-order valence-corrected chi connectivity index (χ0v) is 15.6. The molecule has 0 spiro atoms. The van der Waals surface area contributed by atoms with Crippen molar-refractivity contribution in [2.75, 3.05) is 39.4 Å². The Kier molecular flexibility index (Phi) is 4.96. The molecule has 4 rings (SSSR count). The maximum Gasteiger partial charge on any atom is 0.255 e. The van der Waals surface area contributed by atoms with E-state index in [0.29, 0.717) is 17.7 Å². The third kappa shape index (κ3) is 3.48. The molecule has 3 aromatic rings. The molecule has 27 heavy (non-hydrogen) atoms. The van der Waals surface area contributed by atoms with Crippen molar-refractivity contribution in [3.8, 4) is 11.1 Å². The molecule has 0 bridgehead atoms. The number of nitrogens with zero attached hydrogens (tertiary/aromatic N) is 2. The second kappa shape index (κ2) is 7.54. The van der Waals surface area contributed by atoms with Gasteiger partial charge in [-0.05, 0) is 31.5 Å². The largest absolute Gasteiger partial charge is 0.463 e. The third-order valence-electron chi connectivity index (χ3n) is 4.98. The van der Waals surface area contributed by atoms with Crippen molar-refractivity contribution in [1.82, 2.24) is 15.4 Å². The Morgan fingerprint density at radius 2 is 2.04 bits per heavy atom. The number of aryl methyl sites for hydroxylation is 2. The molecule has 0 unspecified atom stereocenters. The fourth-order valence-corrected chi connectivity index (χ4v) is 3.57. The second-order valence-electron chi connectivity index (χ2n) is 6.73. The standard InChI is InChI=1S/C20H23N3O4/c1-13-18(14(2)27-22-13)15-3-4-17(19-16(15)5-10-26-19)20(24)21-6-7-23-8-11-25-12-9-23/h3-5,10H,6-9,11-12H2,1-2H3,(H,21,24). The lowest BCUT2D eigenvalue weighted by Crippen LogP contribution is -2.41. The molecule has 7 heteroatoms. The van der Waals surface area contributed by atoms with Gasteiger partial charge in [-0.25, -0.2) is 0 Å². The van der Waals surface area contributed by atoms with Gasteiger partial charge in [0.1, 0.15) is 11.3 Å². The van der Waals surface area contributed by atoms with Gasteiger partial charge in [0, 0.05) is 37.1 Å². The van der Waals surface area contributed by atoms with Crippen LogP contribution in [-0.4, -0.2) is 55.4 Å². The Balaban J connectivity index is 1.54. The van der Waals surface area contributed by atoms with Crippen molar-refractivity contribution < 1.29 is 18.5 Å². The van der Waals surface area contributed by atoms with Gasteiger partial charge in [-0.2, -0.15) is 0 Å². The average Bonchev–Trinajstić information content (AvgIpc) is 3.29. The number of amides is 1. The van der Waals surface area contributed by atoms with E-state index in [1.165, 1.54) is 0 Å². The van der Waals surface area contributed by atoms with Crippen LogP contribution in [0.4, 0.5) is 0 Å². The normalized spacial score (nSPS) is 15.3. The van der Waals surface area contributed by atoms with Crippen LogP contribution in [0.1, 0.15) is 21.8 Å². The van der Waals surface area contributed by atoms with Crippen molar-refractivity contribution in [1.29, 1.82) is 0 Å². The minimum Gasteiger partial charge on any atom is -0.463 e. The van der Waals surface area contributed by atoms with Crippen LogP contribution in [0.2, 0.25) is 0 Å². The molecule has 1 aliphatic rings. The fraction of sp³-hybridized carbons (Fsp3) is 0.400. The number of nitrogens with one attached hydrogen (secondary N) is 1. The molecule has 0 radical (unpaired) electrons. The first-order valence-electron chi connectivity index (χ1n) is 9.17. The first-order valence-corrected chi connectivity index (χ1v) is 9.17. The maximum atomic E-state index is 12.7. The van der Waals surface area contributed by atoms with E-state index in [-0.39, 0.29) is 5.91 Å². The summed E-state index contributed by atoms with van der Waals surface area (Å²) in [5.41, 5.74) is 3.84. The number of hydrogen-bond donors (Lipinski definition) is 1. The molecule has 1 amide bonds. The van der Waals surface area contributed by atoms with Crippen LogP contribution in [0.5, 0.6) is 0 Å². The summed E-state index contributed by atoms with van der Waals surface area (Å²) in [5.74, 6) is 0.617. The van der Waals surface area contributed by atoms with Crippen molar-refractivity contribution >= 4 is 16.9 Å². The predicted molar refractivity (Wildman–Crippen MR) is 101 cm³/mol. The molecule has 1 N–H and O–H groups in total. The number of hydrogen-bond acceptors (Lipinski definition) is 6. The Morgan fingerprint density at radius 3 is 2.78 bits per heavy atom. The molecule has 1 aliphatic heterocycles. The van der Waals surface area contributed by atoms with Crippen LogP contribution >= 0.6 is 0 Å². The van der Waals surface area contributed by atoms with E-state index in [2.05, 4.69) is 15.4 Å². The third-order valence-corrected chi connectivity index (χ3v) is 4.98. The SMILES string of the molecule is Cc1noc(C)c1-c1ccc(C(=O)NCCN2CCOCC2)c2occc12. The van der Waals surface area contributed by atoms with Crippen LogP contribution < -0.4 is 5.32 Å². The highest BCUT2D eigenvalue weighted by Crippen LogP contribution is 2.35. The second-order valence-corrected chi connectivity index (χ2v) is 6.73. The molecule has 1 fully saturated rings. The molecular formula is C20H23N3O4. The summed E-state index contributed by atoms with van der Waals surface area (Å²) in [6.07, 6.45) is 1.61. The van der Waals surface area contributed by atoms with Crippen LogP contribution in [0.3, 0.4) is 0 Å². The Hall–Kier alpha value is -2.64. The maximum absolute atomic E-state index is 12.7. The average molecular weight is 369 g/mol. The molecule has 1 saturated heterocycles. The number of furan rings is 1. The van der Waals surface area contributed by atoms with E-state index < -0.39 is 0 Å². The predicted octanol–water partition coefficient (Wildman–Crippen LogP) is 2.77. The van der Waals surface area contributed by atoms with Gasteiger partial charge >= 0.3 is 0 Å². The van der Waals surface area contributed by atoms with Crippen LogP contribution in [0.15, 0.2) is 33.4 Å². The summed E-state index contributed by atoms with van der Waals surface area (Å²) in [4.78, 5) is 15.0. The zero-order chi connectivity index (χ0) is 18.8. The Bertz CT molecular complexity index is 934. The summed E-state index contributed by atoms with van der Waals surface area (Å²) in [5, 5.41) is 7.90. The van der Waals surface area contributed by atoms with Gasteiger partial charge < -0.3 is 19.0 Å². The number of carbonyl (C=O) groups excluding carboxylic acids is 1. The fourth-order valence-electron chi connectivity index (χ4n) is 3.57. The summed E-state index contributed by atoms with van der Waals surface area (Å²) in [7, 11) is 0. The number of ether oxygens (including phenoxy) is 1. The minimum absolute atomic E-state index is 0.131. The minimum atomic E-state index is -0.131. The smallest absolute Gasteiger partial charge is 0.255 e. The lowest BCUT2D eigenvalue weighted by Gasteiger charge is -2.26. The van der Waals surface area contributed by atoms with Gasteiger partial charge in [0.25, 0.3) is 5.91 Å². The van der Waals surface area contributed by atoms with E-state index in [4.69, 9.17) is 13.7 Å². The molecule has 3 heterocycles. The molecule has 2 aromatic heterocycles. The highest BCUT2D eigenvalue weighted by Gasteiger charge is 2.20. The van der Waals surface area contributed by atoms with Gasteiger partial charge in [-0.1, -0.05) is 11.2 Å². The Labute approximate surface area is 157 Å². The highest BCUT2D eigenvalue weighted by atomic mass is 16.5. The monoisotopic (exact) mass is 369 g/mol. The summed E-state index contributed by atoms with van der Waals surface area (Å²) < 4.78 is 16.3. The lowest BCUT2D eigenvalue weighted by atomic mass is 9.98. The molecule has 142 valence electrons. The zero-order valence-electron chi connectivity index (χ0n) is 15.6. The van der Waals surface area contributed by atoms with E-state index in [1.807, 2.05) is 26.0 Å². The number of benzene rings is 1. The van der Waals surface area contributed by atoms with Gasteiger partial charge in [-0.3, -0.25) is 9.69 Å². The summed E-state index contributed by atoms with van der Waals surface area (Å²) >= 11 is 0. The van der Waals surface area contributed by atoms with Gasteiger partial charge in [-0.15, -0.1) is 0 Å². The number of aromatic nitrogens is 1. The van der Waals surface area contributed by atoms with Gasteiger partial charge in [0.2, 0.25) is 0 Å². The summed E-state index contributed by atoms with van der Waals surface area (Å²) in [6.45, 7) is 8.51. The van der Waals surface area contributed by atoms with Crippen LogP contribution in [0.25, 0.3) is 22.1 Å². The molecule has 1 aromatic carbocycles.